The summed E-state index contributed by atoms with van der Waals surface area (Å²) in [5.74, 6) is 1.62. The molecule has 1 aliphatic rings. The molecule has 1 aromatic carbocycles. The molecule has 1 N–H and O–H groups in total. The van der Waals surface area contributed by atoms with Crippen molar-refractivity contribution in [2.24, 2.45) is 7.05 Å². The number of benzene rings is 1. The predicted molar refractivity (Wildman–Crippen MR) is 78.9 cm³/mol. The first-order chi connectivity index (χ1) is 9.72. The summed E-state index contributed by atoms with van der Waals surface area (Å²) in [6.07, 6.45) is 4.91. The summed E-state index contributed by atoms with van der Waals surface area (Å²) in [7, 11) is 1.93. The fraction of sp³-hybridized carbons (Fsp3) is 0.357. The fourth-order valence-corrected chi connectivity index (χ4v) is 2.61. The maximum absolute atomic E-state index is 5.39. The van der Waals surface area contributed by atoms with Gasteiger partial charge in [0.15, 0.2) is 11.5 Å². The summed E-state index contributed by atoms with van der Waals surface area (Å²) >= 11 is 3.56. The Morgan fingerprint density at radius 1 is 1.35 bits per heavy atom. The molecule has 106 valence electrons. The monoisotopic (exact) mass is 337 g/mol. The lowest BCUT2D eigenvalue weighted by Gasteiger charge is -2.07. The zero-order valence-corrected chi connectivity index (χ0v) is 12.8. The van der Waals surface area contributed by atoms with Gasteiger partial charge in [-0.25, -0.2) is 0 Å². The predicted octanol–water partition coefficient (Wildman–Crippen LogP) is 2.24. The molecule has 0 saturated carbocycles. The Morgan fingerprint density at radius 3 is 2.90 bits per heavy atom. The smallest absolute Gasteiger partial charge is 0.231 e. The quantitative estimate of drug-likeness (QED) is 0.850. The minimum atomic E-state index is 0.305. The van der Waals surface area contributed by atoms with E-state index in [2.05, 4.69) is 26.3 Å². The molecule has 20 heavy (non-hydrogen) atoms. The molecule has 6 heteroatoms. The van der Waals surface area contributed by atoms with Crippen LogP contribution >= 0.6 is 15.9 Å². The highest BCUT2D eigenvalue weighted by Crippen LogP contribution is 2.36. The molecule has 0 saturated heterocycles. The van der Waals surface area contributed by atoms with Crippen LogP contribution in [-0.2, 0) is 20.0 Å². The summed E-state index contributed by atoms with van der Waals surface area (Å²) in [4.78, 5) is 0. The molecule has 5 nitrogen and oxygen atoms in total. The topological polar surface area (TPSA) is 48.3 Å². The summed E-state index contributed by atoms with van der Waals surface area (Å²) in [5, 5.41) is 7.59. The van der Waals surface area contributed by atoms with Crippen LogP contribution in [0.1, 0.15) is 11.1 Å². The maximum Gasteiger partial charge on any atom is 0.231 e. The zero-order valence-electron chi connectivity index (χ0n) is 11.2. The molecule has 1 aromatic heterocycles. The van der Waals surface area contributed by atoms with Crippen molar-refractivity contribution in [3.63, 3.8) is 0 Å². The van der Waals surface area contributed by atoms with Gasteiger partial charge in [-0.2, -0.15) is 5.10 Å². The van der Waals surface area contributed by atoms with Crippen LogP contribution in [0.4, 0.5) is 0 Å². The number of halogens is 1. The van der Waals surface area contributed by atoms with E-state index >= 15 is 0 Å². The summed E-state index contributed by atoms with van der Waals surface area (Å²) < 4.78 is 13.6. The number of nitrogens with one attached hydrogen (secondary N) is 1. The lowest BCUT2D eigenvalue weighted by Crippen LogP contribution is -2.16. The van der Waals surface area contributed by atoms with E-state index in [0.717, 1.165) is 35.5 Å². The van der Waals surface area contributed by atoms with E-state index < -0.39 is 0 Å². The van der Waals surface area contributed by atoms with Gasteiger partial charge in [-0.05, 0) is 36.2 Å². The zero-order chi connectivity index (χ0) is 13.9. The maximum atomic E-state index is 5.39. The Hall–Kier alpha value is -1.53. The number of ether oxygens (including phenoxy) is 2. The Labute approximate surface area is 126 Å². The van der Waals surface area contributed by atoms with Gasteiger partial charge in [0.25, 0.3) is 0 Å². The standard InChI is InChI=1S/C14H16BrN3O2/c1-18-8-10(6-17-18)2-3-16-7-11-4-13-14(5-12(11)15)20-9-19-13/h4-6,8,16H,2-3,7,9H2,1H3. The van der Waals surface area contributed by atoms with Gasteiger partial charge in [-0.1, -0.05) is 15.9 Å². The average molecular weight is 338 g/mol. The molecule has 2 heterocycles. The fourth-order valence-electron chi connectivity index (χ4n) is 2.15. The van der Waals surface area contributed by atoms with Gasteiger partial charge in [0, 0.05) is 24.3 Å². The third-order valence-electron chi connectivity index (χ3n) is 3.21. The molecule has 0 unspecified atom stereocenters. The third-order valence-corrected chi connectivity index (χ3v) is 3.94. The Bertz CT molecular complexity index is 612. The van der Waals surface area contributed by atoms with E-state index in [-0.39, 0.29) is 0 Å². The van der Waals surface area contributed by atoms with Gasteiger partial charge in [0.1, 0.15) is 0 Å². The van der Waals surface area contributed by atoms with Crippen LogP contribution in [0.3, 0.4) is 0 Å². The van der Waals surface area contributed by atoms with Crippen LogP contribution in [0.15, 0.2) is 29.0 Å². The van der Waals surface area contributed by atoms with Crippen LogP contribution in [0.25, 0.3) is 0 Å². The molecule has 0 radical (unpaired) electrons. The number of hydrogen-bond donors (Lipinski definition) is 1. The van der Waals surface area contributed by atoms with Crippen LogP contribution in [0, 0.1) is 0 Å². The van der Waals surface area contributed by atoms with Gasteiger partial charge in [0.2, 0.25) is 6.79 Å². The van der Waals surface area contributed by atoms with E-state index in [4.69, 9.17) is 9.47 Å². The molecular formula is C14H16BrN3O2. The lowest BCUT2D eigenvalue weighted by molar-refractivity contribution is 0.174. The largest absolute Gasteiger partial charge is 0.454 e. The number of hydrogen-bond acceptors (Lipinski definition) is 4. The first-order valence-electron chi connectivity index (χ1n) is 6.48. The van der Waals surface area contributed by atoms with Crippen molar-refractivity contribution in [1.82, 2.24) is 15.1 Å². The molecule has 0 amide bonds. The van der Waals surface area contributed by atoms with Crippen LogP contribution < -0.4 is 14.8 Å². The van der Waals surface area contributed by atoms with Crippen LogP contribution in [-0.4, -0.2) is 23.1 Å². The second kappa shape index (κ2) is 5.85. The van der Waals surface area contributed by atoms with E-state index in [1.54, 1.807) is 0 Å². The molecule has 0 spiro atoms. The van der Waals surface area contributed by atoms with Crippen LogP contribution in [0.5, 0.6) is 11.5 Å². The Morgan fingerprint density at radius 2 is 2.15 bits per heavy atom. The summed E-state index contributed by atoms with van der Waals surface area (Å²) in [5.41, 5.74) is 2.41. The van der Waals surface area contributed by atoms with Crippen molar-refractivity contribution in [3.8, 4) is 11.5 Å². The minimum Gasteiger partial charge on any atom is -0.454 e. The molecule has 1 aliphatic heterocycles. The highest BCUT2D eigenvalue weighted by Gasteiger charge is 2.15. The molecule has 3 rings (SSSR count). The lowest BCUT2D eigenvalue weighted by atomic mass is 10.2. The summed E-state index contributed by atoms with van der Waals surface area (Å²) in [6, 6.07) is 3.98. The van der Waals surface area contributed by atoms with Crippen molar-refractivity contribution >= 4 is 15.9 Å². The van der Waals surface area contributed by atoms with E-state index in [1.807, 2.05) is 36.3 Å². The second-order valence-electron chi connectivity index (χ2n) is 4.75. The highest BCUT2D eigenvalue weighted by atomic mass is 79.9. The van der Waals surface area contributed by atoms with Gasteiger partial charge in [-0.3, -0.25) is 4.68 Å². The van der Waals surface area contributed by atoms with Crippen molar-refractivity contribution < 1.29 is 9.47 Å². The number of rotatable bonds is 5. The van der Waals surface area contributed by atoms with Crippen molar-refractivity contribution in [1.29, 1.82) is 0 Å². The van der Waals surface area contributed by atoms with E-state index in [9.17, 15) is 0 Å². The average Bonchev–Trinajstić information content (AvgIpc) is 3.03. The number of aryl methyl sites for hydroxylation is 1. The number of aromatic nitrogens is 2. The molecule has 2 aromatic rings. The minimum absolute atomic E-state index is 0.305. The molecular weight excluding hydrogens is 322 g/mol. The SMILES string of the molecule is Cn1cc(CCNCc2cc3c(cc2Br)OCO3)cn1. The number of fused-ring (bicyclic) bond motifs is 1. The molecule has 0 bridgehead atoms. The first-order valence-corrected chi connectivity index (χ1v) is 7.28. The number of nitrogens with zero attached hydrogens (tertiary/aromatic N) is 2. The van der Waals surface area contributed by atoms with Gasteiger partial charge in [0.05, 0.1) is 6.20 Å². The van der Waals surface area contributed by atoms with Crippen molar-refractivity contribution in [3.05, 3.63) is 40.1 Å². The molecule has 0 aliphatic carbocycles. The van der Waals surface area contributed by atoms with Gasteiger partial charge < -0.3 is 14.8 Å². The Kier molecular flexibility index (Phi) is 3.93. The Balaban J connectivity index is 1.53. The van der Waals surface area contributed by atoms with Crippen molar-refractivity contribution in [2.75, 3.05) is 13.3 Å². The normalized spacial score (nSPS) is 12.9. The van der Waals surface area contributed by atoms with E-state index in [1.165, 1.54) is 11.1 Å². The van der Waals surface area contributed by atoms with E-state index in [0.29, 0.717) is 6.79 Å². The highest BCUT2D eigenvalue weighted by molar-refractivity contribution is 9.10. The van der Waals surface area contributed by atoms with Crippen molar-refractivity contribution in [2.45, 2.75) is 13.0 Å². The summed E-state index contributed by atoms with van der Waals surface area (Å²) in [6.45, 7) is 2.00. The third kappa shape index (κ3) is 2.96. The first kappa shape index (κ1) is 13.5. The van der Waals surface area contributed by atoms with Gasteiger partial charge in [-0.15, -0.1) is 0 Å². The molecule has 0 fully saturated rings. The second-order valence-corrected chi connectivity index (χ2v) is 5.60. The molecule has 0 atom stereocenters. The van der Waals surface area contributed by atoms with Gasteiger partial charge >= 0.3 is 0 Å². The van der Waals surface area contributed by atoms with Crippen LogP contribution in [0.2, 0.25) is 0 Å².